The third-order valence-electron chi connectivity index (χ3n) is 3.51. The molecule has 0 saturated heterocycles. The van der Waals surface area contributed by atoms with Crippen LogP contribution in [-0.2, 0) is 9.59 Å². The van der Waals surface area contributed by atoms with E-state index in [4.69, 9.17) is 4.74 Å². The van der Waals surface area contributed by atoms with Crippen LogP contribution in [0.1, 0.15) is 12.5 Å². The zero-order valence-corrected chi connectivity index (χ0v) is 15.9. The molecule has 0 saturated carbocycles. The molecule has 1 aromatic heterocycles. The molecule has 0 bridgehead atoms. The Morgan fingerprint density at radius 3 is 2.76 bits per heavy atom. The molecule has 0 spiro atoms. The average Bonchev–Trinajstić information content (AvgIpc) is 2.57. The molecule has 0 aliphatic heterocycles. The molecule has 132 valence electrons. The Labute approximate surface area is 155 Å². The largest absolute Gasteiger partial charge is 0.479 e. The summed E-state index contributed by atoms with van der Waals surface area (Å²) in [6, 6.07) is 9.02. The summed E-state index contributed by atoms with van der Waals surface area (Å²) < 4.78 is 6.48. The van der Waals surface area contributed by atoms with E-state index in [0.29, 0.717) is 11.4 Å². The van der Waals surface area contributed by atoms with E-state index in [0.717, 1.165) is 10.0 Å². The molecule has 0 fully saturated rings. The van der Waals surface area contributed by atoms with E-state index in [2.05, 4.69) is 26.2 Å². The molecule has 0 aliphatic rings. The summed E-state index contributed by atoms with van der Waals surface area (Å²) in [6.45, 7) is 3.48. The van der Waals surface area contributed by atoms with E-state index in [-0.39, 0.29) is 18.4 Å². The van der Waals surface area contributed by atoms with Crippen molar-refractivity contribution in [3.8, 4) is 5.75 Å². The topological polar surface area (TPSA) is 71.5 Å². The number of likely N-dealkylation sites (N-methyl/N-ethyl adjacent to an activating group) is 1. The summed E-state index contributed by atoms with van der Waals surface area (Å²) in [7, 11) is 1.57. The number of aromatic nitrogens is 1. The monoisotopic (exact) mass is 405 g/mol. The van der Waals surface area contributed by atoms with Crippen LogP contribution in [0.2, 0.25) is 0 Å². The van der Waals surface area contributed by atoms with E-state index in [9.17, 15) is 9.59 Å². The van der Waals surface area contributed by atoms with E-state index in [1.165, 1.54) is 11.1 Å². The first-order valence-corrected chi connectivity index (χ1v) is 8.54. The van der Waals surface area contributed by atoms with Crippen LogP contribution < -0.4 is 10.1 Å². The summed E-state index contributed by atoms with van der Waals surface area (Å²) in [4.78, 5) is 29.8. The van der Waals surface area contributed by atoms with Gasteiger partial charge in [-0.15, -0.1) is 0 Å². The van der Waals surface area contributed by atoms with Gasteiger partial charge in [-0.05, 0) is 49.7 Å². The number of nitrogens with zero attached hydrogens (tertiary/aromatic N) is 2. The second-order valence-corrected chi connectivity index (χ2v) is 6.57. The number of halogens is 1. The second kappa shape index (κ2) is 8.62. The number of amides is 2. The Bertz CT molecular complexity index is 752. The maximum atomic E-state index is 12.3. The zero-order chi connectivity index (χ0) is 18.4. The molecular formula is C18H20BrN3O3. The van der Waals surface area contributed by atoms with Gasteiger partial charge in [0.25, 0.3) is 5.91 Å². The number of ether oxygens (including phenoxy) is 1. The Morgan fingerprint density at radius 2 is 2.12 bits per heavy atom. The highest BCUT2D eigenvalue weighted by Gasteiger charge is 2.21. The molecule has 6 nitrogen and oxygen atoms in total. The molecule has 2 aromatic rings. The van der Waals surface area contributed by atoms with Crippen LogP contribution in [0.25, 0.3) is 0 Å². The number of hydrogen-bond acceptors (Lipinski definition) is 4. The molecule has 2 amide bonds. The quantitative estimate of drug-likeness (QED) is 0.801. The molecular weight excluding hydrogens is 386 g/mol. The fraction of sp³-hybridized carbons (Fsp3) is 0.278. The molecule has 0 radical (unpaired) electrons. The minimum absolute atomic E-state index is 0.0604. The predicted octanol–water partition coefficient (Wildman–Crippen LogP) is 3.02. The Balaban J connectivity index is 1.90. The fourth-order valence-corrected chi connectivity index (χ4v) is 2.71. The van der Waals surface area contributed by atoms with Gasteiger partial charge in [0.1, 0.15) is 5.75 Å². The van der Waals surface area contributed by atoms with Gasteiger partial charge in [-0.25, -0.2) is 0 Å². The van der Waals surface area contributed by atoms with Gasteiger partial charge < -0.3 is 15.0 Å². The summed E-state index contributed by atoms with van der Waals surface area (Å²) in [5, 5.41) is 2.81. The second-order valence-electron chi connectivity index (χ2n) is 5.65. The third-order valence-corrected chi connectivity index (χ3v) is 4.01. The Hall–Kier alpha value is -2.41. The normalized spacial score (nSPS) is 11.5. The SMILES string of the molecule is Cc1cc(Br)ccc1NC(=O)CN(C)C(=O)[C@@H](C)Oc1cccnc1. The maximum absolute atomic E-state index is 12.3. The van der Waals surface area contributed by atoms with Crippen molar-refractivity contribution in [2.24, 2.45) is 0 Å². The average molecular weight is 406 g/mol. The highest BCUT2D eigenvalue weighted by molar-refractivity contribution is 9.10. The number of carbonyl (C=O) groups is 2. The van der Waals surface area contributed by atoms with Crippen molar-refractivity contribution in [2.75, 3.05) is 18.9 Å². The molecule has 1 N–H and O–H groups in total. The van der Waals surface area contributed by atoms with Crippen LogP contribution >= 0.6 is 15.9 Å². The summed E-state index contributed by atoms with van der Waals surface area (Å²) in [6.07, 6.45) is 2.45. The van der Waals surface area contributed by atoms with Crippen LogP contribution in [0.15, 0.2) is 47.2 Å². The summed E-state index contributed by atoms with van der Waals surface area (Å²) in [5.74, 6) is -0.0481. The number of nitrogens with one attached hydrogen (secondary N) is 1. The molecule has 2 rings (SSSR count). The van der Waals surface area contributed by atoms with Gasteiger partial charge in [-0.1, -0.05) is 15.9 Å². The van der Waals surface area contributed by atoms with E-state index >= 15 is 0 Å². The number of hydrogen-bond donors (Lipinski definition) is 1. The Morgan fingerprint density at radius 1 is 1.36 bits per heavy atom. The van der Waals surface area contributed by atoms with Crippen LogP contribution in [-0.4, -0.2) is 41.4 Å². The minimum Gasteiger partial charge on any atom is -0.479 e. The van der Waals surface area contributed by atoms with E-state index < -0.39 is 6.10 Å². The zero-order valence-electron chi connectivity index (χ0n) is 14.3. The van der Waals surface area contributed by atoms with Gasteiger partial charge >= 0.3 is 0 Å². The van der Waals surface area contributed by atoms with Gasteiger partial charge in [-0.3, -0.25) is 14.6 Å². The number of benzene rings is 1. The van der Waals surface area contributed by atoms with Gasteiger partial charge in [0.15, 0.2) is 6.10 Å². The van der Waals surface area contributed by atoms with Gasteiger partial charge in [0.2, 0.25) is 5.91 Å². The number of pyridine rings is 1. The van der Waals surface area contributed by atoms with E-state index in [1.54, 1.807) is 32.3 Å². The van der Waals surface area contributed by atoms with Crippen molar-refractivity contribution in [2.45, 2.75) is 20.0 Å². The lowest BCUT2D eigenvalue weighted by Crippen LogP contribution is -2.42. The van der Waals surface area contributed by atoms with Crippen LogP contribution in [0.5, 0.6) is 5.75 Å². The van der Waals surface area contributed by atoms with Crippen molar-refractivity contribution in [1.82, 2.24) is 9.88 Å². The highest BCUT2D eigenvalue weighted by atomic mass is 79.9. The molecule has 25 heavy (non-hydrogen) atoms. The van der Waals surface area contributed by atoms with Crippen molar-refractivity contribution >= 4 is 33.4 Å². The first kappa shape index (κ1) is 18.9. The van der Waals surface area contributed by atoms with Crippen molar-refractivity contribution in [3.63, 3.8) is 0 Å². The number of aryl methyl sites for hydroxylation is 1. The van der Waals surface area contributed by atoms with Gasteiger partial charge in [-0.2, -0.15) is 0 Å². The van der Waals surface area contributed by atoms with Gasteiger partial charge in [0.05, 0.1) is 12.7 Å². The van der Waals surface area contributed by atoms with E-state index in [1.807, 2.05) is 25.1 Å². The lowest BCUT2D eigenvalue weighted by atomic mass is 10.2. The predicted molar refractivity (Wildman–Crippen MR) is 99.5 cm³/mol. The molecule has 0 aliphatic carbocycles. The number of carbonyl (C=O) groups excluding carboxylic acids is 2. The molecule has 1 aromatic carbocycles. The van der Waals surface area contributed by atoms with Crippen molar-refractivity contribution < 1.29 is 14.3 Å². The molecule has 0 unspecified atom stereocenters. The Kier molecular flexibility index (Phi) is 6.52. The molecule has 7 heteroatoms. The van der Waals surface area contributed by atoms with Crippen LogP contribution in [0, 0.1) is 6.92 Å². The number of anilines is 1. The lowest BCUT2D eigenvalue weighted by Gasteiger charge is -2.21. The molecule has 1 atom stereocenters. The van der Waals surface area contributed by atoms with Crippen LogP contribution in [0.3, 0.4) is 0 Å². The summed E-state index contributed by atoms with van der Waals surface area (Å²) >= 11 is 3.38. The maximum Gasteiger partial charge on any atom is 0.263 e. The smallest absolute Gasteiger partial charge is 0.263 e. The lowest BCUT2D eigenvalue weighted by molar-refractivity contribution is -0.139. The summed E-state index contributed by atoms with van der Waals surface area (Å²) in [5.41, 5.74) is 1.65. The highest BCUT2D eigenvalue weighted by Crippen LogP contribution is 2.20. The van der Waals surface area contributed by atoms with Gasteiger partial charge in [0, 0.05) is 23.4 Å². The van der Waals surface area contributed by atoms with Crippen LogP contribution in [0.4, 0.5) is 5.69 Å². The number of rotatable bonds is 6. The van der Waals surface area contributed by atoms with Crippen molar-refractivity contribution in [1.29, 1.82) is 0 Å². The van der Waals surface area contributed by atoms with Crippen molar-refractivity contribution in [3.05, 3.63) is 52.8 Å². The first-order chi connectivity index (χ1) is 11.9. The first-order valence-electron chi connectivity index (χ1n) is 7.74. The third kappa shape index (κ3) is 5.56. The molecule has 1 heterocycles. The fourth-order valence-electron chi connectivity index (χ4n) is 2.23. The minimum atomic E-state index is -0.712. The standard InChI is InChI=1S/C18H20BrN3O3/c1-12-9-14(19)6-7-16(12)21-17(23)11-22(3)18(24)13(2)25-15-5-4-8-20-10-15/h4-10,13H,11H2,1-3H3,(H,21,23)/t13-/m1/s1.